The number of aliphatic hydroxyl groups is 1. The Hall–Kier alpha value is -2.93. The number of aromatic nitrogens is 3. The van der Waals surface area contributed by atoms with Gasteiger partial charge in [0.25, 0.3) is 5.91 Å². The minimum atomic E-state index is -0.715. The van der Waals surface area contributed by atoms with E-state index in [2.05, 4.69) is 51.5 Å². The molecule has 7 nitrogen and oxygen atoms in total. The number of anilines is 1. The van der Waals surface area contributed by atoms with Gasteiger partial charge in [0.05, 0.1) is 18.0 Å². The smallest absolute Gasteiger partial charge is 0.290 e. The summed E-state index contributed by atoms with van der Waals surface area (Å²) in [5, 5.41) is 17.1. The first-order valence-electron chi connectivity index (χ1n) is 9.52. The van der Waals surface area contributed by atoms with E-state index in [1.165, 1.54) is 5.56 Å². The van der Waals surface area contributed by atoms with Crippen molar-refractivity contribution in [3.8, 4) is 0 Å². The van der Waals surface area contributed by atoms with Crippen molar-refractivity contribution in [1.29, 1.82) is 0 Å². The predicted molar refractivity (Wildman–Crippen MR) is 108 cm³/mol. The first-order valence-corrected chi connectivity index (χ1v) is 9.52. The van der Waals surface area contributed by atoms with Crippen molar-refractivity contribution in [2.75, 3.05) is 25.0 Å². The van der Waals surface area contributed by atoms with E-state index in [4.69, 9.17) is 0 Å². The van der Waals surface area contributed by atoms with Gasteiger partial charge in [0, 0.05) is 31.1 Å². The number of nitrogens with one attached hydrogen (secondary N) is 1. The molecule has 2 atom stereocenters. The molecule has 1 saturated heterocycles. The summed E-state index contributed by atoms with van der Waals surface area (Å²) in [4.78, 5) is 18.5. The minimum absolute atomic E-state index is 0.0663. The average Bonchev–Trinajstić information content (AvgIpc) is 3.31. The standard InChI is InChI=1S/C21H25N5O2/c1-14(27)17-11-16(12-26-19(17)23-18(24-26)20(28)22-3)25-10-9-21(2,13-25)15-7-5-4-6-8-15/h4-8,11-12,14,27H,9-10,13H2,1-3H3,(H,22,28)/t14?,21-/m0/s1. The maximum atomic E-state index is 11.9. The van der Waals surface area contributed by atoms with E-state index in [1.54, 1.807) is 18.5 Å². The molecule has 1 amide bonds. The summed E-state index contributed by atoms with van der Waals surface area (Å²) in [6.45, 7) is 5.77. The van der Waals surface area contributed by atoms with Crippen molar-refractivity contribution in [3.05, 3.63) is 59.5 Å². The Balaban J connectivity index is 1.72. The van der Waals surface area contributed by atoms with Crippen LogP contribution < -0.4 is 10.2 Å². The summed E-state index contributed by atoms with van der Waals surface area (Å²) in [5.74, 6) is -0.253. The first kappa shape index (κ1) is 18.4. The Morgan fingerprint density at radius 3 is 2.75 bits per heavy atom. The van der Waals surface area contributed by atoms with Gasteiger partial charge in [-0.05, 0) is 25.0 Å². The van der Waals surface area contributed by atoms with Crippen LogP contribution in [0.2, 0.25) is 0 Å². The maximum absolute atomic E-state index is 11.9. The molecular formula is C21H25N5O2. The van der Waals surface area contributed by atoms with Crippen molar-refractivity contribution in [2.24, 2.45) is 0 Å². The molecule has 28 heavy (non-hydrogen) atoms. The van der Waals surface area contributed by atoms with Crippen LogP contribution in [0.4, 0.5) is 5.69 Å². The second-order valence-electron chi connectivity index (χ2n) is 7.71. The third-order valence-electron chi connectivity index (χ3n) is 5.64. The molecule has 2 aromatic heterocycles. The summed E-state index contributed by atoms with van der Waals surface area (Å²) < 4.78 is 1.60. The fraction of sp³-hybridized carbons (Fsp3) is 0.381. The van der Waals surface area contributed by atoms with E-state index in [1.807, 2.05) is 18.3 Å². The van der Waals surface area contributed by atoms with Gasteiger partial charge in [-0.3, -0.25) is 4.79 Å². The Morgan fingerprint density at radius 1 is 1.32 bits per heavy atom. The van der Waals surface area contributed by atoms with Gasteiger partial charge in [-0.1, -0.05) is 37.3 Å². The fourth-order valence-electron chi connectivity index (χ4n) is 3.94. The van der Waals surface area contributed by atoms with E-state index in [0.717, 1.165) is 25.2 Å². The number of hydrogen-bond acceptors (Lipinski definition) is 5. The van der Waals surface area contributed by atoms with Gasteiger partial charge in [-0.25, -0.2) is 9.50 Å². The van der Waals surface area contributed by atoms with Crippen LogP contribution in [0.3, 0.4) is 0 Å². The molecule has 3 heterocycles. The Morgan fingerprint density at radius 2 is 2.07 bits per heavy atom. The maximum Gasteiger partial charge on any atom is 0.290 e. The normalized spacial score (nSPS) is 20.5. The molecule has 4 rings (SSSR count). The zero-order chi connectivity index (χ0) is 19.9. The fourth-order valence-corrected chi connectivity index (χ4v) is 3.94. The SMILES string of the molecule is CNC(=O)c1nc2c(C(C)O)cc(N3CC[C@](C)(c4ccccc4)C3)cn2n1. The van der Waals surface area contributed by atoms with Crippen molar-refractivity contribution < 1.29 is 9.90 Å². The van der Waals surface area contributed by atoms with Crippen molar-refractivity contribution in [3.63, 3.8) is 0 Å². The van der Waals surface area contributed by atoms with Crippen LogP contribution >= 0.6 is 0 Å². The summed E-state index contributed by atoms with van der Waals surface area (Å²) in [6.07, 6.45) is 2.21. The summed E-state index contributed by atoms with van der Waals surface area (Å²) in [6, 6.07) is 12.5. The zero-order valence-electron chi connectivity index (χ0n) is 16.4. The summed E-state index contributed by atoms with van der Waals surface area (Å²) in [5.41, 5.74) is 3.53. The average molecular weight is 379 g/mol. The highest BCUT2D eigenvalue weighted by molar-refractivity contribution is 5.90. The van der Waals surface area contributed by atoms with Gasteiger partial charge in [0.1, 0.15) is 0 Å². The molecule has 1 aliphatic rings. The lowest BCUT2D eigenvalue weighted by atomic mass is 9.82. The molecule has 1 unspecified atom stereocenters. The van der Waals surface area contributed by atoms with Gasteiger partial charge < -0.3 is 15.3 Å². The number of carbonyl (C=O) groups excluding carboxylic acids is 1. The van der Waals surface area contributed by atoms with Crippen molar-refractivity contribution in [2.45, 2.75) is 31.8 Å². The largest absolute Gasteiger partial charge is 0.389 e. The first-order chi connectivity index (χ1) is 13.4. The van der Waals surface area contributed by atoms with Crippen LogP contribution in [-0.4, -0.2) is 45.7 Å². The number of rotatable bonds is 4. The molecule has 0 saturated carbocycles. The topological polar surface area (TPSA) is 82.8 Å². The molecule has 0 aliphatic carbocycles. The van der Waals surface area contributed by atoms with Gasteiger partial charge in [-0.2, -0.15) is 0 Å². The molecule has 3 aromatic rings. The van der Waals surface area contributed by atoms with Crippen LogP contribution in [0.5, 0.6) is 0 Å². The van der Waals surface area contributed by atoms with Crippen LogP contribution in [0.1, 0.15) is 48.1 Å². The lowest BCUT2D eigenvalue weighted by Gasteiger charge is -2.26. The van der Waals surface area contributed by atoms with Gasteiger partial charge in [0.2, 0.25) is 5.82 Å². The second-order valence-corrected chi connectivity index (χ2v) is 7.71. The molecule has 0 bridgehead atoms. The van der Waals surface area contributed by atoms with E-state index < -0.39 is 6.10 Å². The number of carbonyl (C=O) groups is 1. The number of aliphatic hydroxyl groups excluding tert-OH is 1. The van der Waals surface area contributed by atoms with E-state index in [9.17, 15) is 9.90 Å². The highest BCUT2D eigenvalue weighted by atomic mass is 16.3. The van der Waals surface area contributed by atoms with Crippen molar-refractivity contribution in [1.82, 2.24) is 19.9 Å². The summed E-state index contributed by atoms with van der Waals surface area (Å²) in [7, 11) is 1.55. The van der Waals surface area contributed by atoms with Gasteiger partial charge >= 0.3 is 0 Å². The Kier molecular flexibility index (Phi) is 4.55. The second kappa shape index (κ2) is 6.91. The highest BCUT2D eigenvalue weighted by Gasteiger charge is 2.35. The minimum Gasteiger partial charge on any atom is -0.389 e. The van der Waals surface area contributed by atoms with Gasteiger partial charge in [0.15, 0.2) is 5.65 Å². The van der Waals surface area contributed by atoms with Crippen LogP contribution in [-0.2, 0) is 5.41 Å². The molecular weight excluding hydrogens is 354 g/mol. The number of benzene rings is 1. The molecule has 1 aliphatic heterocycles. The lowest BCUT2D eigenvalue weighted by Crippen LogP contribution is -2.28. The molecule has 1 aromatic carbocycles. The van der Waals surface area contributed by atoms with Crippen molar-refractivity contribution >= 4 is 17.2 Å². The number of pyridine rings is 1. The molecule has 146 valence electrons. The van der Waals surface area contributed by atoms with Crippen LogP contribution in [0.15, 0.2) is 42.6 Å². The highest BCUT2D eigenvalue weighted by Crippen LogP contribution is 2.37. The monoisotopic (exact) mass is 379 g/mol. The molecule has 7 heteroatoms. The van der Waals surface area contributed by atoms with Crippen LogP contribution in [0.25, 0.3) is 5.65 Å². The Labute approximate surface area is 164 Å². The van der Waals surface area contributed by atoms with E-state index in [0.29, 0.717) is 11.2 Å². The Bertz CT molecular complexity index is 1010. The van der Waals surface area contributed by atoms with Gasteiger partial charge in [-0.15, -0.1) is 5.10 Å². The zero-order valence-corrected chi connectivity index (χ0v) is 16.4. The molecule has 1 fully saturated rings. The summed E-state index contributed by atoms with van der Waals surface area (Å²) >= 11 is 0. The van der Waals surface area contributed by atoms with E-state index in [-0.39, 0.29) is 17.1 Å². The third kappa shape index (κ3) is 3.11. The molecule has 2 N–H and O–H groups in total. The molecule has 0 radical (unpaired) electrons. The molecule has 0 spiro atoms. The van der Waals surface area contributed by atoms with E-state index >= 15 is 0 Å². The number of fused-ring (bicyclic) bond motifs is 1. The lowest BCUT2D eigenvalue weighted by molar-refractivity contribution is 0.0953. The quantitative estimate of drug-likeness (QED) is 0.727. The number of hydrogen-bond donors (Lipinski definition) is 2. The van der Waals surface area contributed by atoms with Crippen LogP contribution in [0, 0.1) is 0 Å². The number of amides is 1. The third-order valence-corrected chi connectivity index (χ3v) is 5.64. The predicted octanol–water partition coefficient (Wildman–Crippen LogP) is 2.31. The number of nitrogens with zero attached hydrogens (tertiary/aromatic N) is 4.